The maximum atomic E-state index is 10.7. The molecule has 1 aliphatic carbocycles. The number of aliphatic hydroxyl groups is 1. The van der Waals surface area contributed by atoms with Gasteiger partial charge in [0.2, 0.25) is 0 Å². The monoisotopic (exact) mass is 226 g/mol. The van der Waals surface area contributed by atoms with Gasteiger partial charge in [-0.1, -0.05) is 24.3 Å². The predicted molar refractivity (Wildman–Crippen MR) is 64.4 cm³/mol. The molecule has 1 aromatic heterocycles. The summed E-state index contributed by atoms with van der Waals surface area (Å²) in [5.74, 6) is 0. The fourth-order valence-corrected chi connectivity index (χ4v) is 2.48. The summed E-state index contributed by atoms with van der Waals surface area (Å²) in [4.78, 5) is 8.27. The molecule has 1 unspecified atom stereocenters. The topological polar surface area (TPSA) is 46.0 Å². The molecule has 0 bridgehead atoms. The molecule has 3 rings (SSSR count). The molecule has 0 aliphatic heterocycles. The standard InChI is InChI=1S/C14H14N2O/c17-14(13-10-15-7-8-16-13)6-5-11-3-1-2-4-12(11)9-14/h1-4,7-8,10,17H,5-6,9H2. The fraction of sp³-hybridized carbons (Fsp3) is 0.286. The van der Waals surface area contributed by atoms with Crippen molar-refractivity contribution >= 4 is 0 Å². The van der Waals surface area contributed by atoms with Crippen molar-refractivity contribution in [2.75, 3.05) is 0 Å². The minimum absolute atomic E-state index is 0.627. The van der Waals surface area contributed by atoms with Crippen molar-refractivity contribution in [1.29, 1.82) is 0 Å². The Hall–Kier alpha value is -1.74. The van der Waals surface area contributed by atoms with Gasteiger partial charge in [-0.25, -0.2) is 0 Å². The SMILES string of the molecule is OC1(c2cnccn2)CCc2ccccc2C1. The van der Waals surface area contributed by atoms with E-state index in [1.807, 2.05) is 12.1 Å². The molecule has 1 aliphatic rings. The molecule has 3 nitrogen and oxygen atoms in total. The lowest BCUT2D eigenvalue weighted by Crippen LogP contribution is -2.34. The summed E-state index contributed by atoms with van der Waals surface area (Å²) in [5, 5.41) is 10.7. The summed E-state index contributed by atoms with van der Waals surface area (Å²) < 4.78 is 0. The molecule has 0 amide bonds. The molecular weight excluding hydrogens is 212 g/mol. The van der Waals surface area contributed by atoms with E-state index in [0.29, 0.717) is 18.5 Å². The van der Waals surface area contributed by atoms with Crippen LogP contribution in [-0.2, 0) is 18.4 Å². The molecule has 0 saturated heterocycles. The van der Waals surface area contributed by atoms with Gasteiger partial charge in [-0.15, -0.1) is 0 Å². The molecule has 0 saturated carbocycles. The van der Waals surface area contributed by atoms with Crippen LogP contribution in [0.2, 0.25) is 0 Å². The molecule has 86 valence electrons. The summed E-state index contributed by atoms with van der Waals surface area (Å²) in [5.41, 5.74) is 2.37. The first-order valence-corrected chi connectivity index (χ1v) is 5.84. The average Bonchev–Trinajstić information content (AvgIpc) is 2.40. The summed E-state index contributed by atoms with van der Waals surface area (Å²) >= 11 is 0. The van der Waals surface area contributed by atoms with Crippen LogP contribution in [0, 0.1) is 0 Å². The van der Waals surface area contributed by atoms with E-state index >= 15 is 0 Å². The maximum Gasteiger partial charge on any atom is 0.112 e. The number of nitrogens with zero attached hydrogens (tertiary/aromatic N) is 2. The van der Waals surface area contributed by atoms with Crippen molar-refractivity contribution in [3.05, 3.63) is 59.7 Å². The van der Waals surface area contributed by atoms with Gasteiger partial charge in [0.15, 0.2) is 0 Å². The number of hydrogen-bond donors (Lipinski definition) is 1. The molecule has 1 aromatic carbocycles. The smallest absolute Gasteiger partial charge is 0.112 e. The van der Waals surface area contributed by atoms with Crippen LogP contribution in [0.4, 0.5) is 0 Å². The van der Waals surface area contributed by atoms with Crippen molar-refractivity contribution in [3.8, 4) is 0 Å². The molecule has 2 aromatic rings. The van der Waals surface area contributed by atoms with Gasteiger partial charge in [-0.2, -0.15) is 0 Å². The maximum absolute atomic E-state index is 10.7. The van der Waals surface area contributed by atoms with Crippen LogP contribution in [0.1, 0.15) is 23.2 Å². The number of aryl methyl sites for hydroxylation is 1. The van der Waals surface area contributed by atoms with Crippen LogP contribution in [-0.4, -0.2) is 15.1 Å². The lowest BCUT2D eigenvalue weighted by atomic mass is 9.79. The van der Waals surface area contributed by atoms with Crippen LogP contribution in [0.5, 0.6) is 0 Å². The first-order valence-electron chi connectivity index (χ1n) is 5.84. The fourth-order valence-electron chi connectivity index (χ4n) is 2.48. The lowest BCUT2D eigenvalue weighted by molar-refractivity contribution is 0.0176. The van der Waals surface area contributed by atoms with Crippen LogP contribution in [0.15, 0.2) is 42.9 Å². The van der Waals surface area contributed by atoms with Gasteiger partial charge in [0.1, 0.15) is 5.60 Å². The highest BCUT2D eigenvalue weighted by Gasteiger charge is 2.35. The second-order valence-corrected chi connectivity index (χ2v) is 4.57. The Morgan fingerprint density at radius 2 is 1.94 bits per heavy atom. The molecule has 3 heteroatoms. The van der Waals surface area contributed by atoms with Crippen molar-refractivity contribution in [2.24, 2.45) is 0 Å². The molecule has 1 N–H and O–H groups in total. The van der Waals surface area contributed by atoms with Crippen LogP contribution >= 0.6 is 0 Å². The Balaban J connectivity index is 1.98. The average molecular weight is 226 g/mol. The first-order chi connectivity index (χ1) is 8.28. The third-order valence-corrected chi connectivity index (χ3v) is 3.45. The number of hydrogen-bond acceptors (Lipinski definition) is 3. The van der Waals surface area contributed by atoms with Gasteiger partial charge in [0, 0.05) is 18.8 Å². The number of fused-ring (bicyclic) bond motifs is 1. The van der Waals surface area contributed by atoms with E-state index in [1.54, 1.807) is 18.6 Å². The summed E-state index contributed by atoms with van der Waals surface area (Å²) in [6.45, 7) is 0. The largest absolute Gasteiger partial charge is 0.383 e. The number of benzene rings is 1. The summed E-state index contributed by atoms with van der Waals surface area (Å²) in [6.07, 6.45) is 7.15. The molecule has 0 spiro atoms. The Morgan fingerprint density at radius 1 is 1.12 bits per heavy atom. The molecule has 1 heterocycles. The third kappa shape index (κ3) is 1.83. The highest BCUT2D eigenvalue weighted by atomic mass is 16.3. The second-order valence-electron chi connectivity index (χ2n) is 4.57. The zero-order valence-corrected chi connectivity index (χ0v) is 9.50. The van der Waals surface area contributed by atoms with Crippen molar-refractivity contribution in [2.45, 2.75) is 24.9 Å². The van der Waals surface area contributed by atoms with Gasteiger partial charge in [0.25, 0.3) is 0 Å². The van der Waals surface area contributed by atoms with E-state index in [0.717, 1.165) is 6.42 Å². The van der Waals surface area contributed by atoms with Gasteiger partial charge < -0.3 is 5.11 Å². The quantitative estimate of drug-likeness (QED) is 0.807. The second kappa shape index (κ2) is 3.93. The summed E-state index contributed by atoms with van der Waals surface area (Å²) in [6, 6.07) is 8.27. The minimum atomic E-state index is -0.859. The van der Waals surface area contributed by atoms with E-state index in [9.17, 15) is 5.11 Å². The Labute approximate surface area is 100 Å². The minimum Gasteiger partial charge on any atom is -0.383 e. The van der Waals surface area contributed by atoms with Gasteiger partial charge in [-0.05, 0) is 24.0 Å². The van der Waals surface area contributed by atoms with E-state index < -0.39 is 5.60 Å². The van der Waals surface area contributed by atoms with E-state index in [-0.39, 0.29) is 0 Å². The van der Waals surface area contributed by atoms with Crippen molar-refractivity contribution in [1.82, 2.24) is 9.97 Å². The number of aromatic nitrogens is 2. The van der Waals surface area contributed by atoms with Crippen LogP contribution < -0.4 is 0 Å². The van der Waals surface area contributed by atoms with Crippen molar-refractivity contribution in [3.63, 3.8) is 0 Å². The molecule has 0 fully saturated rings. The van der Waals surface area contributed by atoms with E-state index in [1.165, 1.54) is 11.1 Å². The molecule has 17 heavy (non-hydrogen) atoms. The number of rotatable bonds is 1. The normalized spacial score (nSPS) is 23.1. The van der Waals surface area contributed by atoms with Crippen LogP contribution in [0.3, 0.4) is 0 Å². The third-order valence-electron chi connectivity index (χ3n) is 3.45. The Morgan fingerprint density at radius 3 is 2.71 bits per heavy atom. The van der Waals surface area contributed by atoms with Crippen molar-refractivity contribution < 1.29 is 5.11 Å². The Kier molecular flexibility index (Phi) is 2.41. The highest BCUT2D eigenvalue weighted by Crippen LogP contribution is 2.34. The zero-order chi connectivity index (χ0) is 11.7. The van der Waals surface area contributed by atoms with E-state index in [2.05, 4.69) is 22.1 Å². The molecular formula is C14H14N2O. The molecule has 1 atom stereocenters. The Bertz CT molecular complexity index is 527. The first kappa shape index (κ1) is 10.4. The van der Waals surface area contributed by atoms with Gasteiger partial charge in [-0.3, -0.25) is 9.97 Å². The molecule has 0 radical (unpaired) electrons. The lowest BCUT2D eigenvalue weighted by Gasteiger charge is -2.32. The van der Waals surface area contributed by atoms with Crippen LogP contribution in [0.25, 0.3) is 0 Å². The summed E-state index contributed by atoms with van der Waals surface area (Å²) in [7, 11) is 0. The predicted octanol–water partition coefficient (Wildman–Crippen LogP) is 1.85. The van der Waals surface area contributed by atoms with Gasteiger partial charge >= 0.3 is 0 Å². The van der Waals surface area contributed by atoms with Gasteiger partial charge in [0.05, 0.1) is 11.9 Å². The van der Waals surface area contributed by atoms with E-state index in [4.69, 9.17) is 0 Å². The highest BCUT2D eigenvalue weighted by molar-refractivity contribution is 5.33. The zero-order valence-electron chi connectivity index (χ0n) is 9.50.